The molecular formula is C15H17FN2O. The second-order valence-corrected chi connectivity index (χ2v) is 4.67. The lowest BCUT2D eigenvalue weighted by molar-refractivity contribution is -0.107. The van der Waals surface area contributed by atoms with Gasteiger partial charge in [-0.1, -0.05) is 25.1 Å². The summed E-state index contributed by atoms with van der Waals surface area (Å²) in [5, 5.41) is 0. The number of nitrogens with zero attached hydrogens (tertiary/aromatic N) is 1. The van der Waals surface area contributed by atoms with Gasteiger partial charge in [0.05, 0.1) is 0 Å². The lowest BCUT2D eigenvalue weighted by atomic mass is 9.94. The molecule has 0 aliphatic rings. The van der Waals surface area contributed by atoms with Crippen LogP contribution in [0, 0.1) is 12.7 Å². The highest BCUT2D eigenvalue weighted by Gasteiger charge is 2.16. The molecule has 0 saturated heterocycles. The molecule has 0 amide bonds. The quantitative estimate of drug-likeness (QED) is 0.839. The summed E-state index contributed by atoms with van der Waals surface area (Å²) in [6, 6.07) is 5.34. The highest BCUT2D eigenvalue weighted by atomic mass is 19.1. The fourth-order valence-corrected chi connectivity index (χ4v) is 2.17. The van der Waals surface area contributed by atoms with E-state index in [0.29, 0.717) is 24.0 Å². The first-order valence-corrected chi connectivity index (χ1v) is 6.36. The average Bonchev–Trinajstić information content (AvgIpc) is 2.83. The maximum absolute atomic E-state index is 14.4. The maximum atomic E-state index is 14.4. The van der Waals surface area contributed by atoms with Crippen LogP contribution in [-0.4, -0.2) is 16.3 Å². The molecule has 2 rings (SSSR count). The normalized spacial score (nSPS) is 12.4. The van der Waals surface area contributed by atoms with E-state index in [9.17, 15) is 9.18 Å². The van der Waals surface area contributed by atoms with Crippen LogP contribution in [0.5, 0.6) is 0 Å². The van der Waals surface area contributed by atoms with Crippen LogP contribution in [0.3, 0.4) is 0 Å². The number of carbonyl (C=O) groups excluding carboxylic acids is 1. The molecule has 19 heavy (non-hydrogen) atoms. The van der Waals surface area contributed by atoms with Gasteiger partial charge in [-0.2, -0.15) is 0 Å². The summed E-state index contributed by atoms with van der Waals surface area (Å²) in [6.45, 7) is 3.81. The smallest absolute Gasteiger partial charge is 0.130 e. The van der Waals surface area contributed by atoms with Gasteiger partial charge in [0.2, 0.25) is 0 Å². The molecular weight excluding hydrogens is 243 g/mol. The molecule has 3 nitrogen and oxygen atoms in total. The molecule has 0 spiro atoms. The number of hydrogen-bond donors (Lipinski definition) is 1. The standard InChI is InChI=1S/C15H17FN2O/c1-10(14-9-17-11(2)18-14)13-7-3-5-12(15(13)16)6-4-8-19/h3,5,7-10H,4,6H2,1-2H3,(H,17,18). The fourth-order valence-electron chi connectivity index (χ4n) is 2.17. The van der Waals surface area contributed by atoms with E-state index in [-0.39, 0.29) is 11.7 Å². The summed E-state index contributed by atoms with van der Waals surface area (Å²) >= 11 is 0. The first-order chi connectivity index (χ1) is 9.13. The Morgan fingerprint density at radius 2 is 2.26 bits per heavy atom. The summed E-state index contributed by atoms with van der Waals surface area (Å²) in [4.78, 5) is 17.7. The van der Waals surface area contributed by atoms with Gasteiger partial charge in [-0.05, 0) is 24.5 Å². The molecule has 0 radical (unpaired) electrons. The first kappa shape index (κ1) is 13.5. The van der Waals surface area contributed by atoms with Gasteiger partial charge in [0.15, 0.2) is 0 Å². The van der Waals surface area contributed by atoms with Crippen LogP contribution in [0.4, 0.5) is 4.39 Å². The van der Waals surface area contributed by atoms with Crippen LogP contribution in [0.15, 0.2) is 24.4 Å². The monoisotopic (exact) mass is 260 g/mol. The number of halogens is 1. The number of aromatic nitrogens is 2. The van der Waals surface area contributed by atoms with Crippen LogP contribution < -0.4 is 0 Å². The molecule has 1 unspecified atom stereocenters. The third-order valence-corrected chi connectivity index (χ3v) is 3.30. The Kier molecular flexibility index (Phi) is 4.10. The lowest BCUT2D eigenvalue weighted by Gasteiger charge is -2.13. The van der Waals surface area contributed by atoms with Gasteiger partial charge in [-0.3, -0.25) is 0 Å². The second kappa shape index (κ2) is 5.78. The van der Waals surface area contributed by atoms with Crippen molar-refractivity contribution in [3.8, 4) is 0 Å². The predicted molar refractivity (Wildman–Crippen MR) is 71.6 cm³/mol. The molecule has 2 aromatic rings. The number of aldehydes is 1. The van der Waals surface area contributed by atoms with Crippen molar-refractivity contribution in [3.63, 3.8) is 0 Å². The number of aromatic amines is 1. The third kappa shape index (κ3) is 2.89. The van der Waals surface area contributed by atoms with Crippen molar-refractivity contribution in [2.24, 2.45) is 0 Å². The van der Waals surface area contributed by atoms with Gasteiger partial charge in [0.25, 0.3) is 0 Å². The van der Waals surface area contributed by atoms with Gasteiger partial charge in [-0.25, -0.2) is 9.37 Å². The number of hydrogen-bond acceptors (Lipinski definition) is 2. The number of benzene rings is 1. The minimum absolute atomic E-state index is 0.0858. The molecule has 1 aromatic heterocycles. The SMILES string of the molecule is Cc1ncc(C(C)c2cccc(CCC=O)c2F)[nH]1. The molecule has 100 valence electrons. The molecule has 1 heterocycles. The first-order valence-electron chi connectivity index (χ1n) is 6.36. The molecule has 0 fully saturated rings. The summed E-state index contributed by atoms with van der Waals surface area (Å²) in [5.74, 6) is 0.515. The van der Waals surface area contributed by atoms with Gasteiger partial charge < -0.3 is 9.78 Å². The van der Waals surface area contributed by atoms with E-state index in [2.05, 4.69) is 9.97 Å². The van der Waals surface area contributed by atoms with Crippen molar-refractivity contribution in [1.29, 1.82) is 0 Å². The number of aryl methyl sites for hydroxylation is 2. The number of rotatable bonds is 5. The van der Waals surface area contributed by atoms with E-state index in [1.54, 1.807) is 18.3 Å². The minimum Gasteiger partial charge on any atom is -0.346 e. The summed E-state index contributed by atoms with van der Waals surface area (Å²) in [7, 11) is 0. The topological polar surface area (TPSA) is 45.8 Å². The summed E-state index contributed by atoms with van der Waals surface area (Å²) in [5.41, 5.74) is 2.11. The Bertz CT molecular complexity index is 577. The van der Waals surface area contributed by atoms with Crippen LogP contribution in [0.2, 0.25) is 0 Å². The van der Waals surface area contributed by atoms with Crippen LogP contribution in [-0.2, 0) is 11.2 Å². The molecule has 1 N–H and O–H groups in total. The zero-order chi connectivity index (χ0) is 13.8. The van der Waals surface area contributed by atoms with Crippen molar-refractivity contribution < 1.29 is 9.18 Å². The summed E-state index contributed by atoms with van der Waals surface area (Å²) in [6.07, 6.45) is 3.33. The van der Waals surface area contributed by atoms with Crippen molar-refractivity contribution >= 4 is 6.29 Å². The predicted octanol–water partition coefficient (Wildman–Crippen LogP) is 3.14. The van der Waals surface area contributed by atoms with E-state index in [1.165, 1.54) is 0 Å². The maximum Gasteiger partial charge on any atom is 0.130 e. The van der Waals surface area contributed by atoms with Crippen molar-refractivity contribution in [1.82, 2.24) is 9.97 Å². The largest absolute Gasteiger partial charge is 0.346 e. The highest BCUT2D eigenvalue weighted by Crippen LogP contribution is 2.27. The number of imidazole rings is 1. The van der Waals surface area contributed by atoms with Crippen LogP contribution in [0.25, 0.3) is 0 Å². The second-order valence-electron chi connectivity index (χ2n) is 4.67. The van der Waals surface area contributed by atoms with Gasteiger partial charge in [0, 0.05) is 24.2 Å². The number of nitrogens with one attached hydrogen (secondary N) is 1. The molecule has 4 heteroatoms. The van der Waals surface area contributed by atoms with Crippen LogP contribution >= 0.6 is 0 Å². The van der Waals surface area contributed by atoms with E-state index >= 15 is 0 Å². The Balaban J connectivity index is 2.31. The molecule has 1 atom stereocenters. The molecule has 0 aliphatic carbocycles. The third-order valence-electron chi connectivity index (χ3n) is 3.30. The molecule has 0 bridgehead atoms. The molecule has 1 aromatic carbocycles. The van der Waals surface area contributed by atoms with Crippen molar-refractivity contribution in [3.05, 3.63) is 52.9 Å². The van der Waals surface area contributed by atoms with E-state index < -0.39 is 0 Å². The molecule has 0 aliphatic heterocycles. The van der Waals surface area contributed by atoms with Gasteiger partial charge in [0.1, 0.15) is 17.9 Å². The van der Waals surface area contributed by atoms with Gasteiger partial charge >= 0.3 is 0 Å². The lowest BCUT2D eigenvalue weighted by Crippen LogP contribution is -2.03. The average molecular weight is 260 g/mol. The Labute approximate surface area is 111 Å². The van der Waals surface area contributed by atoms with E-state index in [4.69, 9.17) is 0 Å². The highest BCUT2D eigenvalue weighted by molar-refractivity contribution is 5.50. The number of carbonyl (C=O) groups is 1. The number of H-pyrrole nitrogens is 1. The fraction of sp³-hybridized carbons (Fsp3) is 0.333. The zero-order valence-electron chi connectivity index (χ0n) is 11.1. The minimum atomic E-state index is -0.218. The Morgan fingerprint density at radius 3 is 2.89 bits per heavy atom. The van der Waals surface area contributed by atoms with Gasteiger partial charge in [-0.15, -0.1) is 0 Å². The Hall–Kier alpha value is -1.97. The zero-order valence-corrected chi connectivity index (χ0v) is 11.1. The van der Waals surface area contributed by atoms with Crippen molar-refractivity contribution in [2.45, 2.75) is 32.6 Å². The van der Waals surface area contributed by atoms with E-state index in [0.717, 1.165) is 17.8 Å². The van der Waals surface area contributed by atoms with E-state index in [1.807, 2.05) is 19.9 Å². The van der Waals surface area contributed by atoms with Crippen molar-refractivity contribution in [2.75, 3.05) is 0 Å². The molecule has 0 saturated carbocycles. The summed E-state index contributed by atoms with van der Waals surface area (Å²) < 4.78 is 14.4. The Morgan fingerprint density at radius 1 is 1.47 bits per heavy atom. The van der Waals surface area contributed by atoms with Crippen LogP contribution in [0.1, 0.15) is 41.9 Å².